The first-order valence-corrected chi connectivity index (χ1v) is 6.77. The van der Waals surface area contributed by atoms with Crippen LogP contribution < -0.4 is 10.6 Å². The molecule has 20 heavy (non-hydrogen) atoms. The quantitative estimate of drug-likeness (QED) is 0.646. The second kappa shape index (κ2) is 5.94. The number of carbonyl (C=O) groups excluding carboxylic acids is 1. The summed E-state index contributed by atoms with van der Waals surface area (Å²) in [6.07, 6.45) is 7.25. The number of carbonyl (C=O) groups is 2. The second-order valence-corrected chi connectivity index (χ2v) is 5.54. The van der Waals surface area contributed by atoms with Gasteiger partial charge in [0.15, 0.2) is 0 Å². The summed E-state index contributed by atoms with van der Waals surface area (Å²) in [4.78, 5) is 29.8. The Morgan fingerprint density at radius 3 is 2.75 bits per heavy atom. The van der Waals surface area contributed by atoms with E-state index in [9.17, 15) is 9.59 Å². The van der Waals surface area contributed by atoms with Crippen LogP contribution in [0.5, 0.6) is 0 Å². The molecular weight excluding hydrogens is 260 g/mol. The molecule has 1 heterocycles. The fraction of sp³-hybridized carbons (Fsp3) is 0.615. The number of H-pyrrole nitrogens is 1. The molecule has 1 saturated carbocycles. The highest BCUT2D eigenvalue weighted by molar-refractivity contribution is 5.83. The number of urea groups is 1. The molecule has 0 bridgehead atoms. The number of aromatic nitrogens is 2. The van der Waals surface area contributed by atoms with E-state index in [0.29, 0.717) is 5.69 Å². The van der Waals surface area contributed by atoms with Gasteiger partial charge in [0.05, 0.1) is 6.33 Å². The van der Waals surface area contributed by atoms with Crippen LogP contribution in [0.3, 0.4) is 0 Å². The smallest absolute Gasteiger partial charge is 0.326 e. The third kappa shape index (κ3) is 3.72. The van der Waals surface area contributed by atoms with Crippen molar-refractivity contribution in [1.29, 1.82) is 0 Å². The zero-order valence-electron chi connectivity index (χ0n) is 11.5. The van der Waals surface area contributed by atoms with Gasteiger partial charge in [-0.1, -0.05) is 12.8 Å². The fourth-order valence-corrected chi connectivity index (χ4v) is 2.57. The van der Waals surface area contributed by atoms with E-state index in [1.54, 1.807) is 6.20 Å². The number of nitrogens with one attached hydrogen (secondary N) is 3. The van der Waals surface area contributed by atoms with Crippen LogP contribution in [0.2, 0.25) is 0 Å². The lowest BCUT2D eigenvalue weighted by atomic mass is 10.0. The van der Waals surface area contributed by atoms with Crippen molar-refractivity contribution in [3.8, 4) is 0 Å². The lowest BCUT2D eigenvalue weighted by Crippen LogP contribution is -2.53. The number of aliphatic carboxylic acids is 1. The SMILES string of the molecule is CC1(NC(=O)NC(Cc2cnc[nH]2)C(=O)O)CCCC1. The molecule has 1 atom stereocenters. The van der Waals surface area contributed by atoms with Crippen molar-refractivity contribution in [2.24, 2.45) is 0 Å². The fourth-order valence-electron chi connectivity index (χ4n) is 2.57. The van der Waals surface area contributed by atoms with Gasteiger partial charge in [-0.2, -0.15) is 0 Å². The van der Waals surface area contributed by atoms with E-state index >= 15 is 0 Å². The molecule has 110 valence electrons. The maximum absolute atomic E-state index is 11.9. The molecular formula is C13H20N4O3. The zero-order valence-corrected chi connectivity index (χ0v) is 11.5. The summed E-state index contributed by atoms with van der Waals surface area (Å²) < 4.78 is 0. The third-order valence-corrected chi connectivity index (χ3v) is 3.70. The molecule has 1 aliphatic rings. The Labute approximate surface area is 117 Å². The molecule has 0 saturated heterocycles. The summed E-state index contributed by atoms with van der Waals surface area (Å²) in [6.45, 7) is 1.99. The number of carboxylic acids is 1. The normalized spacial score (nSPS) is 18.4. The molecule has 7 nitrogen and oxygen atoms in total. The minimum Gasteiger partial charge on any atom is -0.480 e. The number of rotatable bonds is 5. The summed E-state index contributed by atoms with van der Waals surface area (Å²) in [5, 5.41) is 14.6. The Kier molecular flexibility index (Phi) is 4.26. The van der Waals surface area contributed by atoms with Gasteiger partial charge >= 0.3 is 12.0 Å². The average molecular weight is 280 g/mol. The third-order valence-electron chi connectivity index (χ3n) is 3.70. The van der Waals surface area contributed by atoms with Crippen molar-refractivity contribution in [2.45, 2.75) is 50.6 Å². The summed E-state index contributed by atoms with van der Waals surface area (Å²) in [5.74, 6) is -1.06. The van der Waals surface area contributed by atoms with Crippen LogP contribution in [0.25, 0.3) is 0 Å². The van der Waals surface area contributed by atoms with Gasteiger partial charge < -0.3 is 20.7 Å². The second-order valence-electron chi connectivity index (χ2n) is 5.54. The highest BCUT2D eigenvalue weighted by Crippen LogP contribution is 2.28. The summed E-state index contributed by atoms with van der Waals surface area (Å²) >= 11 is 0. The summed E-state index contributed by atoms with van der Waals surface area (Å²) in [6, 6.07) is -1.40. The Balaban J connectivity index is 1.90. The standard InChI is InChI=1S/C13H20N4O3/c1-13(4-2-3-5-13)17-12(20)16-10(11(18)19)6-9-7-14-8-15-9/h7-8,10H,2-6H2,1H3,(H,14,15)(H,18,19)(H2,16,17,20). The molecule has 0 radical (unpaired) electrons. The number of nitrogens with zero attached hydrogens (tertiary/aromatic N) is 1. The van der Waals surface area contributed by atoms with Crippen LogP contribution in [-0.2, 0) is 11.2 Å². The van der Waals surface area contributed by atoms with Gasteiger partial charge in [-0.3, -0.25) is 0 Å². The van der Waals surface area contributed by atoms with Crippen LogP contribution in [-0.4, -0.2) is 38.7 Å². The minimum absolute atomic E-state index is 0.180. The van der Waals surface area contributed by atoms with E-state index in [0.717, 1.165) is 25.7 Å². The van der Waals surface area contributed by atoms with Gasteiger partial charge in [-0.15, -0.1) is 0 Å². The van der Waals surface area contributed by atoms with Gasteiger partial charge in [0, 0.05) is 23.9 Å². The first-order chi connectivity index (χ1) is 9.48. The number of imidazole rings is 1. The van der Waals surface area contributed by atoms with Crippen LogP contribution >= 0.6 is 0 Å². The van der Waals surface area contributed by atoms with E-state index in [4.69, 9.17) is 5.11 Å². The molecule has 1 aromatic heterocycles. The minimum atomic E-state index is -1.06. The number of amides is 2. The number of carboxylic acid groups (broad SMARTS) is 1. The Morgan fingerprint density at radius 2 is 2.20 bits per heavy atom. The first kappa shape index (κ1) is 14.4. The molecule has 2 rings (SSSR count). The maximum Gasteiger partial charge on any atom is 0.326 e. The lowest BCUT2D eigenvalue weighted by Gasteiger charge is -2.26. The van der Waals surface area contributed by atoms with Crippen molar-refractivity contribution in [2.75, 3.05) is 0 Å². The van der Waals surface area contributed by atoms with E-state index in [1.165, 1.54) is 6.33 Å². The average Bonchev–Trinajstić information content (AvgIpc) is 3.00. The van der Waals surface area contributed by atoms with Crippen molar-refractivity contribution in [1.82, 2.24) is 20.6 Å². The van der Waals surface area contributed by atoms with Crippen molar-refractivity contribution in [3.63, 3.8) is 0 Å². The molecule has 1 aromatic rings. The van der Waals surface area contributed by atoms with E-state index in [1.807, 2.05) is 6.92 Å². The van der Waals surface area contributed by atoms with E-state index in [2.05, 4.69) is 20.6 Å². The van der Waals surface area contributed by atoms with E-state index in [-0.39, 0.29) is 12.0 Å². The van der Waals surface area contributed by atoms with E-state index < -0.39 is 18.0 Å². The van der Waals surface area contributed by atoms with Gasteiger partial charge in [0.1, 0.15) is 6.04 Å². The number of hydrogen-bond acceptors (Lipinski definition) is 3. The molecule has 1 fully saturated rings. The Hall–Kier alpha value is -2.05. The number of aromatic amines is 1. The predicted molar refractivity (Wildman–Crippen MR) is 72.3 cm³/mol. The Bertz CT molecular complexity index is 466. The molecule has 1 aliphatic carbocycles. The van der Waals surface area contributed by atoms with Crippen molar-refractivity contribution < 1.29 is 14.7 Å². The number of hydrogen-bond donors (Lipinski definition) is 4. The van der Waals surface area contributed by atoms with Gasteiger partial charge in [-0.05, 0) is 19.8 Å². The van der Waals surface area contributed by atoms with Gasteiger partial charge in [-0.25, -0.2) is 14.6 Å². The monoisotopic (exact) mass is 280 g/mol. The highest BCUT2D eigenvalue weighted by Gasteiger charge is 2.31. The molecule has 4 N–H and O–H groups in total. The molecule has 0 spiro atoms. The largest absolute Gasteiger partial charge is 0.480 e. The predicted octanol–water partition coefficient (Wildman–Crippen LogP) is 1.04. The summed E-state index contributed by atoms with van der Waals surface area (Å²) in [5.41, 5.74) is 0.450. The van der Waals surface area contributed by atoms with Crippen molar-refractivity contribution >= 4 is 12.0 Å². The topological polar surface area (TPSA) is 107 Å². The van der Waals surface area contributed by atoms with Gasteiger partial charge in [0.2, 0.25) is 0 Å². The molecule has 0 aliphatic heterocycles. The lowest BCUT2D eigenvalue weighted by molar-refractivity contribution is -0.139. The highest BCUT2D eigenvalue weighted by atomic mass is 16.4. The molecule has 0 aromatic carbocycles. The van der Waals surface area contributed by atoms with Crippen LogP contribution in [0, 0.1) is 0 Å². The van der Waals surface area contributed by atoms with Crippen LogP contribution in [0.15, 0.2) is 12.5 Å². The Morgan fingerprint density at radius 1 is 1.50 bits per heavy atom. The first-order valence-electron chi connectivity index (χ1n) is 6.77. The van der Waals surface area contributed by atoms with Crippen molar-refractivity contribution in [3.05, 3.63) is 18.2 Å². The summed E-state index contributed by atoms with van der Waals surface area (Å²) in [7, 11) is 0. The van der Waals surface area contributed by atoms with Crippen LogP contribution in [0.4, 0.5) is 4.79 Å². The molecule has 2 amide bonds. The molecule has 7 heteroatoms. The van der Waals surface area contributed by atoms with Gasteiger partial charge in [0.25, 0.3) is 0 Å². The molecule has 1 unspecified atom stereocenters. The maximum atomic E-state index is 11.9. The zero-order chi connectivity index (χ0) is 14.6. The van der Waals surface area contributed by atoms with Crippen LogP contribution in [0.1, 0.15) is 38.3 Å².